The van der Waals surface area contributed by atoms with E-state index in [0.717, 1.165) is 19.6 Å². The van der Waals surface area contributed by atoms with Gasteiger partial charge in [-0.1, -0.05) is 11.6 Å². The molecule has 1 saturated heterocycles. The Kier molecular flexibility index (Phi) is 5.31. The molecule has 20 heavy (non-hydrogen) atoms. The molecule has 1 aliphatic heterocycles. The molecule has 1 heterocycles. The molecule has 0 bridgehead atoms. The SMILES string of the molecule is CNCC1CN(Cc2cc(Cl)ccc2[N+](=O)[O-])CCO1. The highest BCUT2D eigenvalue weighted by Gasteiger charge is 2.23. The summed E-state index contributed by atoms with van der Waals surface area (Å²) in [6.45, 7) is 3.45. The van der Waals surface area contributed by atoms with Gasteiger partial charge >= 0.3 is 0 Å². The van der Waals surface area contributed by atoms with Crippen LogP contribution in [0.3, 0.4) is 0 Å². The number of hydrogen-bond donors (Lipinski definition) is 1. The van der Waals surface area contributed by atoms with Gasteiger partial charge in [-0.3, -0.25) is 15.0 Å². The average molecular weight is 300 g/mol. The molecule has 2 rings (SSSR count). The molecule has 1 atom stereocenters. The van der Waals surface area contributed by atoms with Crippen LogP contribution in [0.25, 0.3) is 0 Å². The fourth-order valence-corrected chi connectivity index (χ4v) is 2.57. The molecule has 1 N–H and O–H groups in total. The Hall–Kier alpha value is -1.21. The summed E-state index contributed by atoms with van der Waals surface area (Å²) in [4.78, 5) is 12.8. The van der Waals surface area contributed by atoms with Gasteiger partial charge in [-0.05, 0) is 19.2 Å². The molecule has 1 fully saturated rings. The van der Waals surface area contributed by atoms with Crippen LogP contribution in [0, 0.1) is 10.1 Å². The van der Waals surface area contributed by atoms with E-state index in [-0.39, 0.29) is 16.7 Å². The van der Waals surface area contributed by atoms with E-state index >= 15 is 0 Å². The largest absolute Gasteiger partial charge is 0.374 e. The van der Waals surface area contributed by atoms with E-state index in [1.165, 1.54) is 6.07 Å². The molecular formula is C13H18ClN3O3. The third-order valence-corrected chi connectivity index (χ3v) is 3.52. The Labute approximate surface area is 122 Å². The van der Waals surface area contributed by atoms with E-state index in [9.17, 15) is 10.1 Å². The second kappa shape index (κ2) is 6.99. The van der Waals surface area contributed by atoms with Crippen molar-refractivity contribution < 1.29 is 9.66 Å². The van der Waals surface area contributed by atoms with Gasteiger partial charge in [0.05, 0.1) is 17.6 Å². The fraction of sp³-hybridized carbons (Fsp3) is 0.538. The van der Waals surface area contributed by atoms with Crippen molar-refractivity contribution in [2.24, 2.45) is 0 Å². The number of likely N-dealkylation sites (N-methyl/N-ethyl adjacent to an activating group) is 1. The van der Waals surface area contributed by atoms with E-state index in [2.05, 4.69) is 10.2 Å². The molecule has 1 aliphatic rings. The molecule has 0 amide bonds. The summed E-state index contributed by atoms with van der Waals surface area (Å²) in [5, 5.41) is 14.6. The molecule has 0 saturated carbocycles. The van der Waals surface area contributed by atoms with E-state index < -0.39 is 0 Å². The maximum Gasteiger partial charge on any atom is 0.273 e. The summed E-state index contributed by atoms with van der Waals surface area (Å²) in [7, 11) is 1.88. The van der Waals surface area contributed by atoms with Crippen molar-refractivity contribution in [1.82, 2.24) is 10.2 Å². The normalized spacial score (nSPS) is 20.0. The first-order valence-electron chi connectivity index (χ1n) is 6.51. The highest BCUT2D eigenvalue weighted by molar-refractivity contribution is 6.30. The lowest BCUT2D eigenvalue weighted by atomic mass is 10.1. The molecule has 7 heteroatoms. The first-order chi connectivity index (χ1) is 9.60. The third-order valence-electron chi connectivity index (χ3n) is 3.29. The number of hydrogen-bond acceptors (Lipinski definition) is 5. The lowest BCUT2D eigenvalue weighted by molar-refractivity contribution is -0.385. The summed E-state index contributed by atoms with van der Waals surface area (Å²) in [6, 6.07) is 4.68. The van der Waals surface area contributed by atoms with Gasteiger partial charge in [0.2, 0.25) is 0 Å². The zero-order valence-electron chi connectivity index (χ0n) is 11.3. The van der Waals surface area contributed by atoms with Gasteiger partial charge in [0, 0.05) is 42.8 Å². The van der Waals surface area contributed by atoms with Crippen molar-refractivity contribution >= 4 is 17.3 Å². The highest BCUT2D eigenvalue weighted by Crippen LogP contribution is 2.24. The second-order valence-electron chi connectivity index (χ2n) is 4.82. The number of rotatable bonds is 5. The molecule has 1 aromatic rings. The van der Waals surface area contributed by atoms with Crippen LogP contribution in [0.2, 0.25) is 5.02 Å². The van der Waals surface area contributed by atoms with Crippen LogP contribution >= 0.6 is 11.6 Å². The fourth-order valence-electron chi connectivity index (χ4n) is 2.37. The number of nitrogens with zero attached hydrogens (tertiary/aromatic N) is 2. The number of ether oxygens (including phenoxy) is 1. The van der Waals surface area contributed by atoms with E-state index in [4.69, 9.17) is 16.3 Å². The summed E-state index contributed by atoms with van der Waals surface area (Å²) in [5.41, 5.74) is 0.763. The lowest BCUT2D eigenvalue weighted by Crippen LogP contribution is -2.45. The maximum atomic E-state index is 11.1. The minimum atomic E-state index is -0.364. The maximum absolute atomic E-state index is 11.1. The summed E-state index contributed by atoms with van der Waals surface area (Å²) >= 11 is 5.94. The minimum absolute atomic E-state index is 0.117. The Morgan fingerprint density at radius 3 is 3.10 bits per heavy atom. The summed E-state index contributed by atoms with van der Waals surface area (Å²) in [6.07, 6.45) is 0.118. The molecular weight excluding hydrogens is 282 g/mol. The predicted octanol–water partition coefficient (Wildman–Crippen LogP) is 1.67. The molecule has 0 radical (unpaired) electrons. The van der Waals surface area contributed by atoms with Gasteiger partial charge in [0.15, 0.2) is 0 Å². The Morgan fingerprint density at radius 2 is 2.40 bits per heavy atom. The van der Waals surface area contributed by atoms with E-state index in [1.807, 2.05) is 7.05 Å². The number of nitro groups is 1. The molecule has 6 nitrogen and oxygen atoms in total. The van der Waals surface area contributed by atoms with Gasteiger partial charge in [-0.15, -0.1) is 0 Å². The Balaban J connectivity index is 2.09. The van der Waals surface area contributed by atoms with Crippen LogP contribution in [-0.2, 0) is 11.3 Å². The lowest BCUT2D eigenvalue weighted by Gasteiger charge is -2.32. The second-order valence-corrected chi connectivity index (χ2v) is 5.25. The van der Waals surface area contributed by atoms with Gasteiger partial charge in [-0.2, -0.15) is 0 Å². The molecule has 0 aromatic heterocycles. The first-order valence-corrected chi connectivity index (χ1v) is 6.89. The first kappa shape index (κ1) is 15.2. The third kappa shape index (κ3) is 3.89. The van der Waals surface area contributed by atoms with Crippen molar-refractivity contribution in [3.05, 3.63) is 38.9 Å². The molecule has 110 valence electrons. The monoisotopic (exact) mass is 299 g/mol. The van der Waals surface area contributed by atoms with Crippen molar-refractivity contribution in [2.75, 3.05) is 33.3 Å². The van der Waals surface area contributed by atoms with Gasteiger partial charge in [0.1, 0.15) is 0 Å². The quantitative estimate of drug-likeness (QED) is 0.662. The Morgan fingerprint density at radius 1 is 1.60 bits per heavy atom. The van der Waals surface area contributed by atoms with Gasteiger partial charge in [-0.25, -0.2) is 0 Å². The van der Waals surface area contributed by atoms with E-state index in [0.29, 0.717) is 23.7 Å². The van der Waals surface area contributed by atoms with Crippen molar-refractivity contribution in [3.8, 4) is 0 Å². The van der Waals surface area contributed by atoms with Gasteiger partial charge < -0.3 is 10.1 Å². The van der Waals surface area contributed by atoms with Gasteiger partial charge in [0.25, 0.3) is 5.69 Å². The van der Waals surface area contributed by atoms with Crippen molar-refractivity contribution in [3.63, 3.8) is 0 Å². The topological polar surface area (TPSA) is 67.6 Å². The Bertz CT molecular complexity index is 482. The predicted molar refractivity (Wildman–Crippen MR) is 77.1 cm³/mol. The van der Waals surface area contributed by atoms with Crippen LogP contribution in [0.5, 0.6) is 0 Å². The molecule has 1 aromatic carbocycles. The summed E-state index contributed by atoms with van der Waals surface area (Å²) < 4.78 is 5.62. The summed E-state index contributed by atoms with van der Waals surface area (Å²) in [5.74, 6) is 0. The van der Waals surface area contributed by atoms with Crippen molar-refractivity contribution in [1.29, 1.82) is 0 Å². The van der Waals surface area contributed by atoms with Crippen molar-refractivity contribution in [2.45, 2.75) is 12.6 Å². The minimum Gasteiger partial charge on any atom is -0.374 e. The molecule has 0 spiro atoms. The van der Waals surface area contributed by atoms with Crippen LogP contribution in [0.15, 0.2) is 18.2 Å². The molecule has 1 unspecified atom stereocenters. The number of benzene rings is 1. The molecule has 0 aliphatic carbocycles. The number of nitro benzene ring substituents is 1. The van der Waals surface area contributed by atoms with E-state index in [1.54, 1.807) is 12.1 Å². The standard InChI is InChI=1S/C13H18ClN3O3/c1-15-7-12-9-16(4-5-20-12)8-10-6-11(14)2-3-13(10)17(18)19/h2-3,6,12,15H,4-5,7-9H2,1H3. The van der Waals surface area contributed by atoms with Crippen LogP contribution in [0.4, 0.5) is 5.69 Å². The zero-order valence-corrected chi connectivity index (χ0v) is 12.1. The number of halogens is 1. The smallest absolute Gasteiger partial charge is 0.273 e. The number of morpholine rings is 1. The average Bonchev–Trinajstić information content (AvgIpc) is 2.39. The van der Waals surface area contributed by atoms with Crippen LogP contribution in [-0.4, -0.2) is 49.2 Å². The zero-order chi connectivity index (χ0) is 14.5. The highest BCUT2D eigenvalue weighted by atomic mass is 35.5. The van der Waals surface area contributed by atoms with Crippen LogP contribution in [0.1, 0.15) is 5.56 Å². The number of nitrogens with one attached hydrogen (secondary N) is 1. The van der Waals surface area contributed by atoms with Crippen LogP contribution < -0.4 is 5.32 Å².